The first kappa shape index (κ1) is 11.8. The molecule has 1 fully saturated rings. The molecule has 2 nitrogen and oxygen atoms in total. The van der Waals surface area contributed by atoms with Crippen LogP contribution in [0.25, 0.3) is 0 Å². The minimum absolute atomic E-state index is 0.142. The van der Waals surface area contributed by atoms with Gasteiger partial charge in [0, 0.05) is 11.1 Å². The van der Waals surface area contributed by atoms with E-state index in [0.717, 1.165) is 6.42 Å². The largest absolute Gasteiger partial charge is 0.271 e. The van der Waals surface area contributed by atoms with Crippen LogP contribution < -0.4 is 11.3 Å². The van der Waals surface area contributed by atoms with Crippen molar-refractivity contribution in [3.8, 4) is 0 Å². The normalized spacial score (nSPS) is 25.5. The molecule has 2 rings (SSSR count). The molecular weight excluding hydrogens is 227 g/mol. The van der Waals surface area contributed by atoms with Crippen molar-refractivity contribution < 1.29 is 4.39 Å². The van der Waals surface area contributed by atoms with Crippen molar-refractivity contribution in [3.05, 3.63) is 34.6 Å². The fourth-order valence-electron chi connectivity index (χ4n) is 2.18. The molecule has 88 valence electrons. The van der Waals surface area contributed by atoms with Crippen molar-refractivity contribution in [2.75, 3.05) is 0 Å². The van der Waals surface area contributed by atoms with Crippen LogP contribution in [-0.4, -0.2) is 6.04 Å². The summed E-state index contributed by atoms with van der Waals surface area (Å²) >= 11 is 5.85. The van der Waals surface area contributed by atoms with E-state index in [2.05, 4.69) is 12.3 Å². The fraction of sp³-hybridized carbons (Fsp3) is 0.500. The first-order valence-electron chi connectivity index (χ1n) is 5.52. The first-order valence-corrected chi connectivity index (χ1v) is 5.89. The van der Waals surface area contributed by atoms with Crippen LogP contribution in [0.4, 0.5) is 4.39 Å². The van der Waals surface area contributed by atoms with E-state index in [9.17, 15) is 4.39 Å². The second-order valence-corrected chi connectivity index (χ2v) is 5.03. The molecule has 1 aromatic rings. The summed E-state index contributed by atoms with van der Waals surface area (Å²) < 4.78 is 13.5. The van der Waals surface area contributed by atoms with E-state index in [1.807, 2.05) is 0 Å². The lowest BCUT2D eigenvalue weighted by Crippen LogP contribution is -2.39. The third kappa shape index (κ3) is 2.54. The maximum absolute atomic E-state index is 13.5. The lowest BCUT2D eigenvalue weighted by Gasteiger charge is -2.16. The van der Waals surface area contributed by atoms with Gasteiger partial charge in [-0.05, 0) is 48.4 Å². The molecule has 3 unspecified atom stereocenters. The van der Waals surface area contributed by atoms with Gasteiger partial charge >= 0.3 is 0 Å². The summed E-state index contributed by atoms with van der Waals surface area (Å²) in [5.74, 6) is 6.54. The zero-order valence-corrected chi connectivity index (χ0v) is 9.97. The number of nitrogens with one attached hydrogen (secondary N) is 1. The minimum Gasteiger partial charge on any atom is -0.271 e. The van der Waals surface area contributed by atoms with Crippen LogP contribution in [0, 0.1) is 17.7 Å². The van der Waals surface area contributed by atoms with Gasteiger partial charge in [0.05, 0.1) is 0 Å². The summed E-state index contributed by atoms with van der Waals surface area (Å²) in [6.07, 6.45) is 1.76. The second-order valence-electron chi connectivity index (χ2n) is 4.59. The van der Waals surface area contributed by atoms with Gasteiger partial charge in [-0.25, -0.2) is 4.39 Å². The van der Waals surface area contributed by atoms with Crippen LogP contribution >= 0.6 is 11.6 Å². The predicted octanol–water partition coefficient (Wildman–Crippen LogP) is 2.51. The fourth-order valence-corrected chi connectivity index (χ4v) is 2.38. The summed E-state index contributed by atoms with van der Waals surface area (Å²) in [5.41, 5.74) is 3.41. The van der Waals surface area contributed by atoms with E-state index in [0.29, 0.717) is 28.8 Å². The zero-order chi connectivity index (χ0) is 11.7. The van der Waals surface area contributed by atoms with Crippen molar-refractivity contribution in [1.29, 1.82) is 0 Å². The maximum Gasteiger partial charge on any atom is 0.126 e. The Morgan fingerprint density at radius 2 is 2.31 bits per heavy atom. The summed E-state index contributed by atoms with van der Waals surface area (Å²) in [6.45, 7) is 2.18. The first-order chi connectivity index (χ1) is 7.61. The van der Waals surface area contributed by atoms with Gasteiger partial charge in [0.1, 0.15) is 5.82 Å². The van der Waals surface area contributed by atoms with Crippen molar-refractivity contribution in [2.45, 2.75) is 25.8 Å². The molecule has 1 aliphatic rings. The topological polar surface area (TPSA) is 38.0 Å². The van der Waals surface area contributed by atoms with E-state index < -0.39 is 0 Å². The molecule has 0 bridgehead atoms. The smallest absolute Gasteiger partial charge is 0.126 e. The molecule has 0 spiro atoms. The van der Waals surface area contributed by atoms with Gasteiger partial charge in [0.25, 0.3) is 0 Å². The standard InChI is InChI=1S/C12H16ClFN2/c1-7-4-10(7)12(16-15)6-8-5-9(13)2-3-11(8)14/h2-3,5,7,10,12,16H,4,6,15H2,1H3. The number of halogens is 2. The van der Waals surface area contributed by atoms with Crippen LogP contribution in [0.3, 0.4) is 0 Å². The molecule has 0 amide bonds. The highest BCUT2D eigenvalue weighted by Crippen LogP contribution is 2.41. The zero-order valence-electron chi connectivity index (χ0n) is 9.21. The van der Waals surface area contributed by atoms with Crippen LogP contribution in [0.2, 0.25) is 5.02 Å². The Kier molecular flexibility index (Phi) is 3.47. The number of hydrogen-bond donors (Lipinski definition) is 2. The Morgan fingerprint density at radius 1 is 1.62 bits per heavy atom. The van der Waals surface area contributed by atoms with E-state index in [4.69, 9.17) is 17.4 Å². The third-order valence-corrected chi connectivity index (χ3v) is 3.59. The van der Waals surface area contributed by atoms with Crippen molar-refractivity contribution in [3.63, 3.8) is 0 Å². The van der Waals surface area contributed by atoms with Crippen LogP contribution in [0.15, 0.2) is 18.2 Å². The molecule has 0 radical (unpaired) electrons. The molecular formula is C12H16ClFN2. The van der Waals surface area contributed by atoms with Crippen LogP contribution in [0.5, 0.6) is 0 Å². The molecule has 1 aliphatic carbocycles. The highest BCUT2D eigenvalue weighted by molar-refractivity contribution is 6.30. The molecule has 0 saturated heterocycles. The van der Waals surface area contributed by atoms with E-state index in [1.165, 1.54) is 6.07 Å². The Hall–Kier alpha value is -0.640. The number of hydrogen-bond acceptors (Lipinski definition) is 2. The van der Waals surface area contributed by atoms with Crippen LogP contribution in [0.1, 0.15) is 18.9 Å². The molecule has 1 saturated carbocycles. The van der Waals surface area contributed by atoms with Crippen molar-refractivity contribution in [2.24, 2.45) is 17.7 Å². The molecule has 1 aromatic carbocycles. The van der Waals surface area contributed by atoms with Gasteiger partial charge in [0.15, 0.2) is 0 Å². The summed E-state index contributed by atoms with van der Waals surface area (Å²) in [7, 11) is 0. The number of benzene rings is 1. The van der Waals surface area contributed by atoms with Gasteiger partial charge in [-0.2, -0.15) is 0 Å². The lowest BCUT2D eigenvalue weighted by atomic mass is 10.0. The van der Waals surface area contributed by atoms with Crippen molar-refractivity contribution in [1.82, 2.24) is 5.43 Å². The number of hydrazine groups is 1. The SMILES string of the molecule is CC1CC1C(Cc1cc(Cl)ccc1F)NN. The van der Waals surface area contributed by atoms with Gasteiger partial charge < -0.3 is 0 Å². The average molecular weight is 243 g/mol. The monoisotopic (exact) mass is 242 g/mol. The van der Waals surface area contributed by atoms with Gasteiger partial charge in [0.2, 0.25) is 0 Å². The Bertz CT molecular complexity index is 383. The van der Waals surface area contributed by atoms with Crippen molar-refractivity contribution >= 4 is 11.6 Å². The Morgan fingerprint density at radius 3 is 2.88 bits per heavy atom. The van der Waals surface area contributed by atoms with Gasteiger partial charge in [-0.15, -0.1) is 0 Å². The lowest BCUT2D eigenvalue weighted by molar-refractivity contribution is 0.446. The molecule has 0 heterocycles. The molecule has 4 heteroatoms. The number of rotatable bonds is 4. The second kappa shape index (κ2) is 4.70. The predicted molar refractivity (Wildman–Crippen MR) is 63.5 cm³/mol. The summed E-state index contributed by atoms with van der Waals surface area (Å²) in [4.78, 5) is 0. The molecule has 0 aliphatic heterocycles. The summed E-state index contributed by atoms with van der Waals surface area (Å²) in [6, 6.07) is 4.78. The average Bonchev–Trinajstić information content (AvgIpc) is 2.97. The van der Waals surface area contributed by atoms with E-state index in [1.54, 1.807) is 12.1 Å². The van der Waals surface area contributed by atoms with Gasteiger partial charge in [-0.3, -0.25) is 11.3 Å². The molecule has 16 heavy (non-hydrogen) atoms. The molecule has 3 N–H and O–H groups in total. The minimum atomic E-state index is -0.210. The third-order valence-electron chi connectivity index (χ3n) is 3.35. The van der Waals surface area contributed by atoms with Gasteiger partial charge in [-0.1, -0.05) is 18.5 Å². The van der Waals surface area contributed by atoms with E-state index in [-0.39, 0.29) is 11.9 Å². The Labute approximate surface area is 99.9 Å². The summed E-state index contributed by atoms with van der Waals surface area (Å²) in [5, 5.41) is 0.566. The number of nitrogens with two attached hydrogens (primary N) is 1. The maximum atomic E-state index is 13.5. The highest BCUT2D eigenvalue weighted by atomic mass is 35.5. The molecule has 0 aromatic heterocycles. The Balaban J connectivity index is 2.09. The van der Waals surface area contributed by atoms with Crippen LogP contribution in [-0.2, 0) is 6.42 Å². The molecule has 3 atom stereocenters. The van der Waals surface area contributed by atoms with E-state index >= 15 is 0 Å². The highest BCUT2D eigenvalue weighted by Gasteiger charge is 2.39. The quantitative estimate of drug-likeness (QED) is 0.629.